The summed E-state index contributed by atoms with van der Waals surface area (Å²) in [4.78, 5) is 9.76. The maximum Gasteiger partial charge on any atom is 0.573 e. The van der Waals surface area contributed by atoms with E-state index in [2.05, 4.69) is 4.74 Å². The molecule has 0 radical (unpaired) electrons. The zero-order valence-corrected chi connectivity index (χ0v) is 12.3. The summed E-state index contributed by atoms with van der Waals surface area (Å²) < 4.78 is 65.9. The lowest BCUT2D eigenvalue weighted by molar-refractivity contribution is -0.275. The van der Waals surface area contributed by atoms with E-state index in [0.717, 1.165) is 23.5 Å². The molecule has 0 aliphatic carbocycles. The Morgan fingerprint density at radius 3 is 2.45 bits per heavy atom. The first-order valence-electron chi connectivity index (χ1n) is 6.07. The third-order valence-corrected chi connectivity index (χ3v) is 4.52. The van der Waals surface area contributed by atoms with Gasteiger partial charge in [0.2, 0.25) is 10.0 Å². The fourth-order valence-corrected chi connectivity index (χ4v) is 2.93. The van der Waals surface area contributed by atoms with Crippen LogP contribution < -0.4 is 4.74 Å². The van der Waals surface area contributed by atoms with Gasteiger partial charge in [0, 0.05) is 20.0 Å². The number of rotatable bonds is 7. The van der Waals surface area contributed by atoms with Gasteiger partial charge in [-0.2, -0.15) is 0 Å². The topological polar surface area (TPSA) is 83.9 Å². The first-order chi connectivity index (χ1) is 10.0. The van der Waals surface area contributed by atoms with Crippen molar-refractivity contribution in [3.05, 3.63) is 24.3 Å². The molecule has 0 aromatic heterocycles. The molecule has 0 atom stereocenters. The van der Waals surface area contributed by atoms with E-state index in [4.69, 9.17) is 5.11 Å². The van der Waals surface area contributed by atoms with Crippen LogP contribution in [0.3, 0.4) is 0 Å². The predicted molar refractivity (Wildman–Crippen MR) is 69.8 cm³/mol. The molecule has 0 saturated carbocycles. The molecule has 0 spiro atoms. The zero-order chi connectivity index (χ0) is 17.0. The Bertz CT molecular complexity index is 630. The molecule has 1 aromatic rings. The normalized spacial score (nSPS) is 12.4. The van der Waals surface area contributed by atoms with E-state index in [1.54, 1.807) is 0 Å². The van der Waals surface area contributed by atoms with Gasteiger partial charge in [0.1, 0.15) is 10.6 Å². The van der Waals surface area contributed by atoms with Crippen LogP contribution >= 0.6 is 0 Å². The average molecular weight is 341 g/mol. The number of carbonyl (C=O) groups is 1. The number of nitrogens with zero attached hydrogens (tertiary/aromatic N) is 1. The lowest BCUT2D eigenvalue weighted by Crippen LogP contribution is -2.29. The Balaban J connectivity index is 3.00. The Labute approximate surface area is 125 Å². The average Bonchev–Trinajstić information content (AvgIpc) is 2.36. The van der Waals surface area contributed by atoms with Gasteiger partial charge in [0.15, 0.2) is 0 Å². The summed E-state index contributed by atoms with van der Waals surface area (Å²) in [6, 6.07) is 4.36. The Kier molecular flexibility index (Phi) is 5.78. The van der Waals surface area contributed by atoms with Gasteiger partial charge in [-0.3, -0.25) is 4.79 Å². The van der Waals surface area contributed by atoms with Crippen LogP contribution in [0.5, 0.6) is 5.75 Å². The van der Waals surface area contributed by atoms with Crippen molar-refractivity contribution in [1.29, 1.82) is 0 Å². The number of halogens is 3. The van der Waals surface area contributed by atoms with Gasteiger partial charge in [0.05, 0.1) is 0 Å². The summed E-state index contributed by atoms with van der Waals surface area (Å²) in [5, 5.41) is 8.50. The number of ether oxygens (including phenoxy) is 1. The summed E-state index contributed by atoms with van der Waals surface area (Å²) in [5.74, 6) is -1.92. The van der Waals surface area contributed by atoms with E-state index in [9.17, 15) is 26.4 Å². The predicted octanol–water partition coefficient (Wildman–Crippen LogP) is 2.07. The number of carboxylic acid groups (broad SMARTS) is 1. The molecule has 10 heteroatoms. The minimum Gasteiger partial charge on any atom is -0.481 e. The van der Waals surface area contributed by atoms with Gasteiger partial charge >= 0.3 is 12.3 Å². The second-order valence-electron chi connectivity index (χ2n) is 4.32. The summed E-state index contributed by atoms with van der Waals surface area (Å²) >= 11 is 0. The van der Waals surface area contributed by atoms with Crippen molar-refractivity contribution in [3.63, 3.8) is 0 Å². The number of carboxylic acids is 1. The summed E-state index contributed by atoms with van der Waals surface area (Å²) in [5.41, 5.74) is 0. The van der Waals surface area contributed by atoms with Crippen molar-refractivity contribution in [1.82, 2.24) is 4.31 Å². The summed E-state index contributed by atoms with van der Waals surface area (Å²) in [6.45, 7) is -0.144. The molecule has 124 valence electrons. The fourth-order valence-electron chi connectivity index (χ4n) is 1.61. The molecule has 0 aliphatic heterocycles. The van der Waals surface area contributed by atoms with E-state index in [0.29, 0.717) is 0 Å². The highest BCUT2D eigenvalue weighted by molar-refractivity contribution is 7.89. The van der Waals surface area contributed by atoms with E-state index in [1.165, 1.54) is 12.1 Å². The van der Waals surface area contributed by atoms with Gasteiger partial charge in [-0.1, -0.05) is 12.1 Å². The van der Waals surface area contributed by atoms with Crippen LogP contribution in [-0.2, 0) is 14.8 Å². The molecule has 0 fully saturated rings. The van der Waals surface area contributed by atoms with Crippen molar-refractivity contribution in [2.45, 2.75) is 24.1 Å². The number of hydrogen-bond acceptors (Lipinski definition) is 4. The molecule has 0 aliphatic rings. The smallest absolute Gasteiger partial charge is 0.481 e. The molecule has 22 heavy (non-hydrogen) atoms. The van der Waals surface area contributed by atoms with Crippen LogP contribution in [0, 0.1) is 0 Å². The van der Waals surface area contributed by atoms with Gasteiger partial charge in [-0.05, 0) is 18.6 Å². The largest absolute Gasteiger partial charge is 0.573 e. The van der Waals surface area contributed by atoms with Crippen molar-refractivity contribution >= 4 is 16.0 Å². The van der Waals surface area contributed by atoms with Crippen LogP contribution in [0.1, 0.15) is 12.8 Å². The summed E-state index contributed by atoms with van der Waals surface area (Å²) in [6.07, 6.45) is -5.23. The number of hydrogen-bond donors (Lipinski definition) is 1. The van der Waals surface area contributed by atoms with Crippen molar-refractivity contribution in [3.8, 4) is 5.75 Å². The molecule has 0 heterocycles. The minimum atomic E-state index is -5.02. The molecule has 0 amide bonds. The molecule has 6 nitrogen and oxygen atoms in total. The maximum atomic E-state index is 12.3. The molecular weight excluding hydrogens is 327 g/mol. The summed E-state index contributed by atoms with van der Waals surface area (Å²) in [7, 11) is -3.07. The van der Waals surface area contributed by atoms with Gasteiger partial charge in [-0.15, -0.1) is 13.2 Å². The number of benzene rings is 1. The first-order valence-corrected chi connectivity index (χ1v) is 7.51. The second kappa shape index (κ2) is 6.97. The number of para-hydroxylation sites is 1. The molecule has 1 rings (SSSR count). The van der Waals surface area contributed by atoms with Gasteiger partial charge in [-0.25, -0.2) is 12.7 Å². The van der Waals surface area contributed by atoms with Gasteiger partial charge in [0.25, 0.3) is 0 Å². The molecular formula is C12H14F3NO5S. The number of alkyl halides is 3. The third-order valence-electron chi connectivity index (χ3n) is 2.63. The van der Waals surface area contributed by atoms with Gasteiger partial charge < -0.3 is 9.84 Å². The lowest BCUT2D eigenvalue weighted by atomic mass is 10.3. The standard InChI is InChI=1S/C12H14F3NO5S/c1-16(8-4-7-11(17)18)22(19,20)10-6-3-2-5-9(10)21-12(13,14)15/h2-3,5-6H,4,7-8H2,1H3,(H,17,18). The molecule has 1 N–H and O–H groups in total. The molecule has 1 aromatic carbocycles. The second-order valence-corrected chi connectivity index (χ2v) is 6.33. The van der Waals surface area contributed by atoms with E-state index >= 15 is 0 Å². The SMILES string of the molecule is CN(CCCC(=O)O)S(=O)(=O)c1ccccc1OC(F)(F)F. The van der Waals surface area contributed by atoms with Crippen LogP contribution in [0.2, 0.25) is 0 Å². The Morgan fingerprint density at radius 1 is 1.32 bits per heavy atom. The van der Waals surface area contributed by atoms with Crippen molar-refractivity contribution in [2.75, 3.05) is 13.6 Å². The monoisotopic (exact) mass is 341 g/mol. The van der Waals surface area contributed by atoms with Crippen LogP contribution in [0.25, 0.3) is 0 Å². The zero-order valence-electron chi connectivity index (χ0n) is 11.5. The third kappa shape index (κ3) is 5.19. The fraction of sp³-hybridized carbons (Fsp3) is 0.417. The Hall–Kier alpha value is -1.81. The molecule has 0 bridgehead atoms. The van der Waals surface area contributed by atoms with E-state index in [-0.39, 0.29) is 19.4 Å². The van der Waals surface area contributed by atoms with Crippen molar-refractivity contribution in [2.24, 2.45) is 0 Å². The lowest BCUT2D eigenvalue weighted by Gasteiger charge is -2.19. The maximum absolute atomic E-state index is 12.3. The highest BCUT2D eigenvalue weighted by Crippen LogP contribution is 2.30. The quantitative estimate of drug-likeness (QED) is 0.821. The highest BCUT2D eigenvalue weighted by atomic mass is 32.2. The highest BCUT2D eigenvalue weighted by Gasteiger charge is 2.34. The van der Waals surface area contributed by atoms with E-state index in [1.807, 2.05) is 0 Å². The number of aliphatic carboxylic acids is 1. The van der Waals surface area contributed by atoms with Crippen LogP contribution in [0.15, 0.2) is 29.2 Å². The van der Waals surface area contributed by atoms with E-state index < -0.39 is 33.0 Å². The van der Waals surface area contributed by atoms with Crippen LogP contribution in [-0.4, -0.2) is 43.8 Å². The molecule has 0 unspecified atom stereocenters. The molecule has 0 saturated heterocycles. The van der Waals surface area contributed by atoms with Crippen molar-refractivity contribution < 1.29 is 36.2 Å². The minimum absolute atomic E-state index is 0.0351. The number of sulfonamides is 1. The van der Waals surface area contributed by atoms with Crippen LogP contribution in [0.4, 0.5) is 13.2 Å². The Morgan fingerprint density at radius 2 is 1.91 bits per heavy atom. The first kappa shape index (κ1) is 18.2.